The second-order valence-electron chi connectivity index (χ2n) is 7.80. The minimum Gasteiger partial charge on any atom is -0.162 e. The third-order valence-electron chi connectivity index (χ3n) is 5.08. The van der Waals surface area contributed by atoms with Crippen molar-refractivity contribution >= 4 is 27.7 Å². The van der Waals surface area contributed by atoms with Crippen molar-refractivity contribution in [1.82, 2.24) is 0 Å². The highest BCUT2D eigenvalue weighted by atomic mass is 79.9. The van der Waals surface area contributed by atoms with E-state index in [0.29, 0.717) is 0 Å². The van der Waals surface area contributed by atoms with Crippen LogP contribution in [0.2, 0.25) is 0 Å². The molecule has 2 heteroatoms. The van der Waals surface area contributed by atoms with E-state index < -0.39 is 0 Å². The average molecular weight is 472 g/mol. The molecule has 0 radical (unpaired) electrons. The second-order valence-corrected chi connectivity index (χ2v) is 10.1. The molecule has 0 N–H and O–H groups in total. The summed E-state index contributed by atoms with van der Waals surface area (Å²) in [6.45, 7) is 4.56. The smallest absolute Gasteiger partial charge is 0.0175 e. The van der Waals surface area contributed by atoms with Crippen molar-refractivity contribution in [2.24, 2.45) is 0 Å². The van der Waals surface area contributed by atoms with Gasteiger partial charge in [-0.25, -0.2) is 0 Å². The van der Waals surface area contributed by atoms with Gasteiger partial charge in [0.2, 0.25) is 0 Å². The Morgan fingerprint density at radius 3 is 1.29 bits per heavy atom. The Morgan fingerprint density at radius 2 is 0.964 bits per heavy atom. The van der Waals surface area contributed by atoms with E-state index in [-0.39, 0.29) is 0 Å². The summed E-state index contributed by atoms with van der Waals surface area (Å²) in [5, 5.41) is 0. The largest absolute Gasteiger partial charge is 0.162 e. The Hall–Kier alpha value is 0.0500. The predicted octanol–water partition coefficient (Wildman–Crippen LogP) is 10.5. The van der Waals surface area contributed by atoms with Crippen LogP contribution in [-0.4, -0.2) is 11.5 Å². The molecule has 0 spiro atoms. The maximum atomic E-state index is 3.31. The molecule has 1 aromatic carbocycles. The quantitative estimate of drug-likeness (QED) is 0.192. The molecular formula is C26H47BrS. The van der Waals surface area contributed by atoms with Crippen LogP contribution in [0.25, 0.3) is 0 Å². The fourth-order valence-electron chi connectivity index (χ4n) is 3.31. The molecule has 0 atom stereocenters. The van der Waals surface area contributed by atoms with Gasteiger partial charge in [0, 0.05) is 4.47 Å². The molecule has 0 saturated heterocycles. The van der Waals surface area contributed by atoms with Gasteiger partial charge in [-0.1, -0.05) is 144 Å². The first-order valence-corrected chi connectivity index (χ1v) is 14.0. The van der Waals surface area contributed by atoms with Gasteiger partial charge in [-0.2, -0.15) is 11.8 Å². The molecule has 0 amide bonds. The first-order chi connectivity index (χ1) is 13.8. The molecule has 0 aromatic heterocycles. The zero-order valence-corrected chi connectivity index (χ0v) is 21.3. The number of hydrogen-bond acceptors (Lipinski definition) is 1. The minimum absolute atomic E-state index is 1.13. The van der Waals surface area contributed by atoms with Crippen LogP contribution >= 0.6 is 27.7 Å². The molecule has 0 saturated carbocycles. The van der Waals surface area contributed by atoms with Crippen LogP contribution in [0, 0.1) is 0 Å². The molecule has 28 heavy (non-hydrogen) atoms. The van der Waals surface area contributed by atoms with Crippen molar-refractivity contribution in [1.29, 1.82) is 0 Å². The lowest BCUT2D eigenvalue weighted by Gasteiger charge is -2.03. The number of benzene rings is 1. The lowest BCUT2D eigenvalue weighted by atomic mass is 10.0. The van der Waals surface area contributed by atoms with Gasteiger partial charge < -0.3 is 0 Å². The summed E-state index contributed by atoms with van der Waals surface area (Å²) >= 11 is 5.41. The highest BCUT2D eigenvalue weighted by molar-refractivity contribution is 9.10. The maximum absolute atomic E-state index is 3.31. The predicted molar refractivity (Wildman–Crippen MR) is 137 cm³/mol. The van der Waals surface area contributed by atoms with Crippen molar-refractivity contribution in [3.8, 4) is 0 Å². The standard InChI is InChI=1S/C20H42S.C6H5Br/c1-3-5-6-7-8-9-10-11-12-13-14-15-16-17-18-19-20-21-4-2;7-6-4-2-1-3-5-6/h3-20H2,1-2H3;1-5H. The van der Waals surface area contributed by atoms with E-state index in [4.69, 9.17) is 0 Å². The van der Waals surface area contributed by atoms with E-state index in [9.17, 15) is 0 Å². The second kappa shape index (κ2) is 25.1. The molecule has 0 unspecified atom stereocenters. The van der Waals surface area contributed by atoms with Gasteiger partial charge in [-0.15, -0.1) is 0 Å². The topological polar surface area (TPSA) is 0 Å². The fraction of sp³-hybridized carbons (Fsp3) is 0.769. The normalized spacial score (nSPS) is 10.5. The third kappa shape index (κ3) is 24.1. The molecule has 0 aliphatic carbocycles. The Morgan fingerprint density at radius 1 is 0.571 bits per heavy atom. The van der Waals surface area contributed by atoms with Crippen LogP contribution in [0.1, 0.15) is 117 Å². The summed E-state index contributed by atoms with van der Waals surface area (Å²) in [5.74, 6) is 2.67. The van der Waals surface area contributed by atoms with Crippen molar-refractivity contribution in [2.45, 2.75) is 117 Å². The number of hydrogen-bond donors (Lipinski definition) is 0. The van der Waals surface area contributed by atoms with Crippen LogP contribution in [0.4, 0.5) is 0 Å². The summed E-state index contributed by atoms with van der Waals surface area (Å²) in [7, 11) is 0. The molecule has 0 aliphatic heterocycles. The molecule has 1 aromatic rings. The Bertz CT molecular complexity index is 361. The average Bonchev–Trinajstić information content (AvgIpc) is 2.71. The van der Waals surface area contributed by atoms with Crippen molar-refractivity contribution in [3.05, 3.63) is 34.8 Å². The van der Waals surface area contributed by atoms with Gasteiger partial charge >= 0.3 is 0 Å². The molecule has 0 bridgehead atoms. The van der Waals surface area contributed by atoms with Crippen LogP contribution in [0.15, 0.2) is 34.8 Å². The van der Waals surface area contributed by atoms with E-state index in [0.717, 1.165) is 4.47 Å². The van der Waals surface area contributed by atoms with E-state index in [1.807, 2.05) is 30.3 Å². The minimum atomic E-state index is 1.13. The van der Waals surface area contributed by atoms with E-state index in [2.05, 4.69) is 41.5 Å². The number of rotatable bonds is 18. The SMILES string of the molecule is Brc1ccccc1.CCCCCCCCCCCCCCCCCCSCC. The van der Waals surface area contributed by atoms with Crippen LogP contribution in [0.3, 0.4) is 0 Å². The van der Waals surface area contributed by atoms with E-state index in [1.54, 1.807) is 0 Å². The van der Waals surface area contributed by atoms with Gasteiger partial charge in [0.15, 0.2) is 0 Å². The third-order valence-corrected chi connectivity index (χ3v) is 6.59. The van der Waals surface area contributed by atoms with Gasteiger partial charge in [0.25, 0.3) is 0 Å². The summed E-state index contributed by atoms with van der Waals surface area (Å²) in [6.07, 6.45) is 23.5. The van der Waals surface area contributed by atoms with Gasteiger partial charge in [-0.3, -0.25) is 0 Å². The molecule has 0 fully saturated rings. The Labute approximate surface area is 190 Å². The van der Waals surface area contributed by atoms with E-state index >= 15 is 0 Å². The van der Waals surface area contributed by atoms with Crippen molar-refractivity contribution in [2.75, 3.05) is 11.5 Å². The van der Waals surface area contributed by atoms with Gasteiger partial charge in [0.1, 0.15) is 0 Å². The number of halogens is 1. The monoisotopic (exact) mass is 470 g/mol. The summed E-state index contributed by atoms with van der Waals surface area (Å²) < 4.78 is 1.13. The molecule has 164 valence electrons. The van der Waals surface area contributed by atoms with Crippen LogP contribution < -0.4 is 0 Å². The highest BCUT2D eigenvalue weighted by Gasteiger charge is 1.94. The zero-order valence-electron chi connectivity index (χ0n) is 18.9. The lowest BCUT2D eigenvalue weighted by Crippen LogP contribution is -1.84. The van der Waals surface area contributed by atoms with Crippen molar-refractivity contribution < 1.29 is 0 Å². The number of thioether (sulfide) groups is 1. The van der Waals surface area contributed by atoms with E-state index in [1.165, 1.54) is 114 Å². The lowest BCUT2D eigenvalue weighted by molar-refractivity contribution is 0.532. The van der Waals surface area contributed by atoms with Crippen LogP contribution in [-0.2, 0) is 0 Å². The first kappa shape index (κ1) is 28.1. The molecule has 0 aliphatic rings. The summed E-state index contributed by atoms with van der Waals surface area (Å²) in [6, 6.07) is 9.97. The Kier molecular flexibility index (Phi) is 25.1. The Balaban J connectivity index is 0.000000861. The molecule has 0 heterocycles. The van der Waals surface area contributed by atoms with Gasteiger partial charge in [-0.05, 0) is 30.1 Å². The number of unbranched alkanes of at least 4 members (excludes halogenated alkanes) is 15. The fourth-order valence-corrected chi connectivity index (χ4v) is 4.31. The summed E-state index contributed by atoms with van der Waals surface area (Å²) in [5.41, 5.74) is 0. The van der Waals surface area contributed by atoms with Crippen LogP contribution in [0.5, 0.6) is 0 Å². The summed E-state index contributed by atoms with van der Waals surface area (Å²) in [4.78, 5) is 0. The molecular weight excluding hydrogens is 424 g/mol. The first-order valence-electron chi connectivity index (χ1n) is 12.1. The molecule has 0 nitrogen and oxygen atoms in total. The highest BCUT2D eigenvalue weighted by Crippen LogP contribution is 2.14. The van der Waals surface area contributed by atoms with Gasteiger partial charge in [0.05, 0.1) is 0 Å². The van der Waals surface area contributed by atoms with Crippen molar-refractivity contribution in [3.63, 3.8) is 0 Å². The molecule has 1 rings (SSSR count). The maximum Gasteiger partial charge on any atom is 0.0175 e. The zero-order chi connectivity index (χ0) is 20.5.